The number of rotatable bonds is 3. The fraction of sp³-hybridized carbons (Fsp3) is 0.308. The number of carboxylic acids is 1. The zero-order valence-electron chi connectivity index (χ0n) is 10.6. The fourth-order valence-corrected chi connectivity index (χ4v) is 1.97. The van der Waals surface area contributed by atoms with Crippen molar-refractivity contribution in [3.63, 3.8) is 0 Å². The third-order valence-corrected chi connectivity index (χ3v) is 2.83. The molecule has 0 saturated heterocycles. The Hall–Kier alpha value is -2.21. The van der Waals surface area contributed by atoms with Crippen LogP contribution in [0.25, 0.3) is 10.8 Å². The van der Waals surface area contributed by atoms with Crippen LogP contribution >= 0.6 is 0 Å². The number of aliphatic hydroxyl groups excluding tert-OH is 1. The van der Waals surface area contributed by atoms with Crippen LogP contribution in [0.4, 0.5) is 0 Å². The Balaban J connectivity index is 2.82. The number of nitrogens with zero attached hydrogens (tertiary/aromatic N) is 2. The number of aliphatic hydroxyl groups is 1. The number of carbonyl (C=O) groups is 1. The van der Waals surface area contributed by atoms with Crippen LogP contribution in [-0.2, 0) is 11.3 Å². The lowest BCUT2D eigenvalue weighted by atomic mass is 10.1. The van der Waals surface area contributed by atoms with Crippen molar-refractivity contribution >= 4 is 16.7 Å². The van der Waals surface area contributed by atoms with Crippen LogP contribution in [0, 0.1) is 6.92 Å². The zero-order chi connectivity index (χ0) is 14.2. The van der Waals surface area contributed by atoms with Crippen LogP contribution in [0.1, 0.15) is 24.3 Å². The molecular weight excluding hydrogens is 248 g/mol. The molecule has 1 atom stereocenters. The summed E-state index contributed by atoms with van der Waals surface area (Å²) in [5.74, 6) is -1.15. The largest absolute Gasteiger partial charge is 0.480 e. The summed E-state index contributed by atoms with van der Waals surface area (Å²) in [6.07, 6.45) is -0.884. The van der Waals surface area contributed by atoms with Gasteiger partial charge < -0.3 is 10.2 Å². The molecule has 19 heavy (non-hydrogen) atoms. The highest BCUT2D eigenvalue weighted by Crippen LogP contribution is 2.20. The Morgan fingerprint density at radius 1 is 1.42 bits per heavy atom. The second kappa shape index (κ2) is 4.81. The summed E-state index contributed by atoms with van der Waals surface area (Å²) in [7, 11) is 0. The Morgan fingerprint density at radius 3 is 2.68 bits per heavy atom. The number of aliphatic carboxylic acids is 1. The zero-order valence-corrected chi connectivity index (χ0v) is 10.6. The summed E-state index contributed by atoms with van der Waals surface area (Å²) in [6.45, 7) is 2.87. The van der Waals surface area contributed by atoms with Gasteiger partial charge in [-0.15, -0.1) is 0 Å². The number of hydrogen-bond acceptors (Lipinski definition) is 4. The van der Waals surface area contributed by atoms with E-state index in [9.17, 15) is 14.7 Å². The lowest BCUT2D eigenvalue weighted by Gasteiger charge is -2.12. The Morgan fingerprint density at radius 2 is 2.11 bits per heavy atom. The van der Waals surface area contributed by atoms with Gasteiger partial charge in [0.05, 0.1) is 17.2 Å². The Kier molecular flexibility index (Phi) is 3.35. The third-order valence-electron chi connectivity index (χ3n) is 2.83. The van der Waals surface area contributed by atoms with Gasteiger partial charge in [0.25, 0.3) is 5.56 Å². The van der Waals surface area contributed by atoms with Crippen LogP contribution < -0.4 is 5.56 Å². The summed E-state index contributed by atoms with van der Waals surface area (Å²) in [6, 6.07) is 5.15. The Labute approximate surface area is 108 Å². The molecule has 0 saturated carbocycles. The topological polar surface area (TPSA) is 92.4 Å². The van der Waals surface area contributed by atoms with E-state index < -0.39 is 24.2 Å². The van der Waals surface area contributed by atoms with Crippen molar-refractivity contribution < 1.29 is 15.0 Å². The van der Waals surface area contributed by atoms with E-state index in [4.69, 9.17) is 5.11 Å². The van der Waals surface area contributed by atoms with Gasteiger partial charge in [-0.05, 0) is 26.0 Å². The maximum Gasteiger partial charge on any atom is 0.325 e. The van der Waals surface area contributed by atoms with Crippen LogP contribution in [0.5, 0.6) is 0 Å². The maximum absolute atomic E-state index is 12.1. The van der Waals surface area contributed by atoms with E-state index in [0.29, 0.717) is 16.5 Å². The van der Waals surface area contributed by atoms with Gasteiger partial charge in [0.2, 0.25) is 0 Å². The van der Waals surface area contributed by atoms with Crippen molar-refractivity contribution in [2.45, 2.75) is 26.5 Å². The molecule has 2 aromatic rings. The van der Waals surface area contributed by atoms with Crippen molar-refractivity contribution in [3.8, 4) is 0 Å². The summed E-state index contributed by atoms with van der Waals surface area (Å²) in [4.78, 5) is 22.8. The number of carboxylic acid groups (broad SMARTS) is 1. The van der Waals surface area contributed by atoms with Crippen molar-refractivity contribution in [1.29, 1.82) is 0 Å². The van der Waals surface area contributed by atoms with Crippen molar-refractivity contribution in [1.82, 2.24) is 9.78 Å². The summed E-state index contributed by atoms with van der Waals surface area (Å²) in [5.41, 5.74) is 0.771. The minimum Gasteiger partial charge on any atom is -0.480 e. The smallest absolute Gasteiger partial charge is 0.325 e. The SMILES string of the molecule is Cc1ccc2c(=O)n(CC(=O)O)nc(C(C)O)c2c1. The minimum absolute atomic E-state index is 0.305. The molecule has 0 amide bonds. The second-order valence-corrected chi connectivity index (χ2v) is 4.47. The molecular formula is C13H14N2O4. The first-order valence-electron chi connectivity index (χ1n) is 5.81. The predicted octanol–water partition coefficient (Wildman–Crippen LogP) is 0.843. The molecule has 2 rings (SSSR count). The van der Waals surface area contributed by atoms with E-state index in [1.807, 2.05) is 6.92 Å². The van der Waals surface area contributed by atoms with Gasteiger partial charge in [-0.25, -0.2) is 4.68 Å². The molecule has 6 heteroatoms. The summed E-state index contributed by atoms with van der Waals surface area (Å²) in [5, 5.41) is 23.4. The van der Waals surface area contributed by atoms with Crippen LogP contribution in [0.3, 0.4) is 0 Å². The molecule has 0 aliphatic rings. The molecule has 0 aliphatic carbocycles. The first kappa shape index (κ1) is 13.2. The Bertz CT molecular complexity index is 704. The van der Waals surface area contributed by atoms with Crippen LogP contribution in [-0.4, -0.2) is 26.0 Å². The predicted molar refractivity (Wildman–Crippen MR) is 69.0 cm³/mol. The highest BCUT2D eigenvalue weighted by Gasteiger charge is 2.15. The van der Waals surface area contributed by atoms with E-state index in [1.54, 1.807) is 18.2 Å². The van der Waals surface area contributed by atoms with Crippen molar-refractivity contribution in [3.05, 3.63) is 39.8 Å². The molecule has 0 fully saturated rings. The van der Waals surface area contributed by atoms with Crippen LogP contribution in [0.15, 0.2) is 23.0 Å². The first-order valence-corrected chi connectivity index (χ1v) is 5.81. The lowest BCUT2D eigenvalue weighted by Crippen LogP contribution is -2.28. The van der Waals surface area contributed by atoms with E-state index >= 15 is 0 Å². The monoisotopic (exact) mass is 262 g/mol. The summed E-state index contributed by atoms with van der Waals surface area (Å²) >= 11 is 0. The van der Waals surface area contributed by atoms with Gasteiger partial charge in [-0.2, -0.15) is 5.10 Å². The molecule has 1 aromatic carbocycles. The normalized spacial score (nSPS) is 12.6. The molecule has 0 bridgehead atoms. The van der Waals surface area contributed by atoms with E-state index in [1.165, 1.54) is 6.92 Å². The molecule has 100 valence electrons. The highest BCUT2D eigenvalue weighted by atomic mass is 16.4. The van der Waals surface area contributed by atoms with Crippen molar-refractivity contribution in [2.24, 2.45) is 0 Å². The van der Waals surface area contributed by atoms with Gasteiger partial charge in [-0.1, -0.05) is 11.6 Å². The van der Waals surface area contributed by atoms with Gasteiger partial charge in [-0.3, -0.25) is 9.59 Å². The number of aromatic nitrogens is 2. The number of benzene rings is 1. The molecule has 0 spiro atoms. The first-order chi connectivity index (χ1) is 8.90. The van der Waals surface area contributed by atoms with Crippen molar-refractivity contribution in [2.75, 3.05) is 0 Å². The van der Waals surface area contributed by atoms with E-state index in [-0.39, 0.29) is 0 Å². The van der Waals surface area contributed by atoms with Crippen LogP contribution in [0.2, 0.25) is 0 Å². The number of fused-ring (bicyclic) bond motifs is 1. The third kappa shape index (κ3) is 2.48. The van der Waals surface area contributed by atoms with E-state index in [0.717, 1.165) is 10.2 Å². The quantitative estimate of drug-likeness (QED) is 0.855. The molecule has 1 aromatic heterocycles. The van der Waals surface area contributed by atoms with E-state index in [2.05, 4.69) is 5.10 Å². The molecule has 0 radical (unpaired) electrons. The molecule has 1 unspecified atom stereocenters. The average Bonchev–Trinajstić information content (AvgIpc) is 2.31. The second-order valence-electron chi connectivity index (χ2n) is 4.47. The van der Waals surface area contributed by atoms with Gasteiger partial charge >= 0.3 is 5.97 Å². The molecule has 0 aliphatic heterocycles. The molecule has 2 N–H and O–H groups in total. The van der Waals surface area contributed by atoms with Gasteiger partial charge in [0.15, 0.2) is 0 Å². The minimum atomic E-state index is -1.15. The fourth-order valence-electron chi connectivity index (χ4n) is 1.97. The highest BCUT2D eigenvalue weighted by molar-refractivity contribution is 5.84. The molecule has 1 heterocycles. The number of hydrogen-bond donors (Lipinski definition) is 2. The van der Waals surface area contributed by atoms with Gasteiger partial charge in [0.1, 0.15) is 6.54 Å². The number of aryl methyl sites for hydroxylation is 1. The lowest BCUT2D eigenvalue weighted by molar-refractivity contribution is -0.138. The summed E-state index contributed by atoms with van der Waals surface area (Å²) < 4.78 is 0.863. The maximum atomic E-state index is 12.1. The molecule has 6 nitrogen and oxygen atoms in total. The standard InChI is InChI=1S/C13H14N2O4/c1-7-3-4-9-10(5-7)12(8(2)16)14-15(13(9)19)6-11(17)18/h3-5,8,16H,6H2,1-2H3,(H,17,18). The average molecular weight is 262 g/mol. The van der Waals surface area contributed by atoms with Gasteiger partial charge in [0, 0.05) is 5.39 Å².